The van der Waals surface area contributed by atoms with Crippen LogP contribution in [0.2, 0.25) is 0 Å². The smallest absolute Gasteiger partial charge is 0.341 e. The fraction of sp³-hybridized carbons (Fsp3) is 0.200. The molecule has 0 amide bonds. The van der Waals surface area contributed by atoms with Crippen LogP contribution in [0.3, 0.4) is 0 Å². The summed E-state index contributed by atoms with van der Waals surface area (Å²) in [6.45, 7) is 3.63. The third-order valence-electron chi connectivity index (χ3n) is 3.76. The molecule has 1 N–H and O–H groups in total. The quantitative estimate of drug-likeness (QED) is 0.662. The minimum absolute atomic E-state index is 0.330. The molecule has 0 unspecified atom stereocenters. The van der Waals surface area contributed by atoms with Gasteiger partial charge in [-0.25, -0.2) is 14.8 Å². The van der Waals surface area contributed by atoms with Crippen molar-refractivity contribution in [3.05, 3.63) is 77.9 Å². The lowest BCUT2D eigenvalue weighted by Gasteiger charge is -2.06. The Bertz CT molecular complexity index is 834. The van der Waals surface area contributed by atoms with E-state index in [2.05, 4.69) is 20.3 Å². The Balaban J connectivity index is 1.57. The Morgan fingerprint density at radius 3 is 2.38 bits per heavy atom. The predicted molar refractivity (Wildman–Crippen MR) is 98.2 cm³/mol. The highest BCUT2D eigenvalue weighted by atomic mass is 16.5. The second kappa shape index (κ2) is 8.82. The Kier molecular flexibility index (Phi) is 6.01. The summed E-state index contributed by atoms with van der Waals surface area (Å²) in [7, 11) is 0. The van der Waals surface area contributed by atoms with Crippen molar-refractivity contribution < 1.29 is 9.53 Å². The molecule has 0 bridgehead atoms. The molecule has 2 heterocycles. The lowest BCUT2D eigenvalue weighted by atomic mass is 10.1. The van der Waals surface area contributed by atoms with Gasteiger partial charge >= 0.3 is 5.97 Å². The molecule has 3 aromatic rings. The van der Waals surface area contributed by atoms with Gasteiger partial charge in [0.15, 0.2) is 5.82 Å². The number of ether oxygens (including phenoxy) is 1. The van der Waals surface area contributed by atoms with Crippen LogP contribution < -0.4 is 5.32 Å². The van der Waals surface area contributed by atoms with Gasteiger partial charge in [-0.1, -0.05) is 30.3 Å². The first-order valence-electron chi connectivity index (χ1n) is 8.44. The molecule has 6 nitrogen and oxygen atoms in total. The fourth-order valence-electron chi connectivity index (χ4n) is 2.42. The molecule has 2 aromatic heterocycles. The molecule has 0 saturated carbocycles. The van der Waals surface area contributed by atoms with Gasteiger partial charge in [0.25, 0.3) is 0 Å². The predicted octanol–water partition coefficient (Wildman–Crippen LogP) is 3.01. The number of aromatic nitrogens is 3. The molecular formula is C20H20N4O2. The van der Waals surface area contributed by atoms with E-state index in [1.807, 2.05) is 42.6 Å². The normalized spacial score (nSPS) is 10.5. The van der Waals surface area contributed by atoms with E-state index >= 15 is 0 Å². The van der Waals surface area contributed by atoms with E-state index in [4.69, 9.17) is 4.74 Å². The average molecular weight is 348 g/mol. The molecule has 0 saturated heterocycles. The molecule has 0 fully saturated rings. The Morgan fingerprint density at radius 2 is 1.73 bits per heavy atom. The minimum atomic E-state index is -0.408. The Labute approximate surface area is 152 Å². The summed E-state index contributed by atoms with van der Waals surface area (Å²) < 4.78 is 4.93. The van der Waals surface area contributed by atoms with Crippen molar-refractivity contribution in [3.63, 3.8) is 0 Å². The van der Waals surface area contributed by atoms with Crippen molar-refractivity contribution in [1.29, 1.82) is 0 Å². The first-order valence-corrected chi connectivity index (χ1v) is 8.44. The minimum Gasteiger partial charge on any atom is -0.462 e. The molecule has 0 atom stereocenters. The fourth-order valence-corrected chi connectivity index (χ4v) is 2.42. The van der Waals surface area contributed by atoms with Crippen LogP contribution in [0.4, 0.5) is 0 Å². The summed E-state index contributed by atoms with van der Waals surface area (Å²) in [6, 6.07) is 12.0. The molecule has 1 aromatic carbocycles. The van der Waals surface area contributed by atoms with E-state index in [-0.39, 0.29) is 0 Å². The second-order valence-electron chi connectivity index (χ2n) is 5.68. The standard InChI is InChI=1S/C20H20N4O2/c1-2-26-20(25)18-13-23-19(24-14-18)17-7-5-15(6-8-17)10-22-12-16-4-3-9-21-11-16/h3-9,11,13-14,22H,2,10,12H2,1H3. The number of nitrogens with zero attached hydrogens (tertiary/aromatic N) is 3. The van der Waals surface area contributed by atoms with Crippen molar-refractivity contribution in [3.8, 4) is 11.4 Å². The van der Waals surface area contributed by atoms with E-state index in [1.165, 1.54) is 18.0 Å². The van der Waals surface area contributed by atoms with Crippen LogP contribution in [0.5, 0.6) is 0 Å². The lowest BCUT2D eigenvalue weighted by molar-refractivity contribution is 0.0525. The van der Waals surface area contributed by atoms with Gasteiger partial charge in [-0.05, 0) is 24.1 Å². The largest absolute Gasteiger partial charge is 0.462 e. The SMILES string of the molecule is CCOC(=O)c1cnc(-c2ccc(CNCc3cccnc3)cc2)nc1. The molecule has 3 rings (SSSR count). The molecule has 0 aliphatic rings. The summed E-state index contributed by atoms with van der Waals surface area (Å²) in [4.78, 5) is 24.2. The van der Waals surface area contributed by atoms with Gasteiger partial charge in [0.05, 0.1) is 12.2 Å². The number of hydrogen-bond acceptors (Lipinski definition) is 6. The lowest BCUT2D eigenvalue weighted by Crippen LogP contribution is -2.12. The number of carbonyl (C=O) groups is 1. The summed E-state index contributed by atoms with van der Waals surface area (Å²) in [5.41, 5.74) is 3.57. The Morgan fingerprint density at radius 1 is 1.00 bits per heavy atom. The zero-order valence-corrected chi connectivity index (χ0v) is 14.6. The number of benzene rings is 1. The summed E-state index contributed by atoms with van der Waals surface area (Å²) >= 11 is 0. The first kappa shape index (κ1) is 17.7. The molecule has 0 radical (unpaired) electrons. The molecule has 0 aliphatic heterocycles. The van der Waals surface area contributed by atoms with Gasteiger partial charge in [0, 0.05) is 43.4 Å². The van der Waals surface area contributed by atoms with Gasteiger partial charge < -0.3 is 10.1 Å². The number of esters is 1. The summed E-state index contributed by atoms with van der Waals surface area (Å²) in [6.07, 6.45) is 6.60. The van der Waals surface area contributed by atoms with Crippen LogP contribution in [-0.4, -0.2) is 27.5 Å². The van der Waals surface area contributed by atoms with Gasteiger partial charge in [0.2, 0.25) is 0 Å². The number of hydrogen-bond donors (Lipinski definition) is 1. The van der Waals surface area contributed by atoms with E-state index in [9.17, 15) is 4.79 Å². The molecule has 132 valence electrons. The van der Waals surface area contributed by atoms with Gasteiger partial charge in [-0.2, -0.15) is 0 Å². The van der Waals surface area contributed by atoms with Crippen LogP contribution in [0, 0.1) is 0 Å². The highest BCUT2D eigenvalue weighted by Gasteiger charge is 2.08. The first-order chi connectivity index (χ1) is 12.8. The van der Waals surface area contributed by atoms with Gasteiger partial charge in [-0.15, -0.1) is 0 Å². The van der Waals surface area contributed by atoms with Crippen LogP contribution in [0.15, 0.2) is 61.2 Å². The molecule has 0 spiro atoms. The zero-order valence-electron chi connectivity index (χ0n) is 14.6. The highest BCUT2D eigenvalue weighted by Crippen LogP contribution is 2.15. The zero-order chi connectivity index (χ0) is 18.2. The van der Waals surface area contributed by atoms with Crippen molar-refractivity contribution in [2.24, 2.45) is 0 Å². The van der Waals surface area contributed by atoms with Crippen molar-refractivity contribution in [2.45, 2.75) is 20.0 Å². The summed E-state index contributed by atoms with van der Waals surface area (Å²) in [5.74, 6) is 0.169. The third-order valence-corrected chi connectivity index (χ3v) is 3.76. The Hall–Kier alpha value is -3.12. The van der Waals surface area contributed by atoms with Gasteiger partial charge in [0.1, 0.15) is 0 Å². The van der Waals surface area contributed by atoms with Crippen LogP contribution >= 0.6 is 0 Å². The highest BCUT2D eigenvalue weighted by molar-refractivity contribution is 5.88. The molecular weight excluding hydrogens is 328 g/mol. The van der Waals surface area contributed by atoms with E-state index in [0.29, 0.717) is 18.0 Å². The maximum atomic E-state index is 11.6. The van der Waals surface area contributed by atoms with Crippen molar-refractivity contribution >= 4 is 5.97 Å². The number of pyridine rings is 1. The van der Waals surface area contributed by atoms with E-state index < -0.39 is 5.97 Å². The van der Waals surface area contributed by atoms with Crippen LogP contribution in [-0.2, 0) is 17.8 Å². The number of rotatable bonds is 7. The maximum absolute atomic E-state index is 11.6. The van der Waals surface area contributed by atoms with Crippen molar-refractivity contribution in [2.75, 3.05) is 6.61 Å². The monoisotopic (exact) mass is 348 g/mol. The number of carbonyl (C=O) groups excluding carboxylic acids is 1. The van der Waals surface area contributed by atoms with Gasteiger partial charge in [-0.3, -0.25) is 4.98 Å². The molecule has 0 aliphatic carbocycles. The average Bonchev–Trinajstić information content (AvgIpc) is 2.70. The second-order valence-corrected chi connectivity index (χ2v) is 5.68. The summed E-state index contributed by atoms with van der Waals surface area (Å²) in [5, 5.41) is 3.39. The number of nitrogens with one attached hydrogen (secondary N) is 1. The van der Waals surface area contributed by atoms with E-state index in [1.54, 1.807) is 13.1 Å². The van der Waals surface area contributed by atoms with Crippen LogP contribution in [0.25, 0.3) is 11.4 Å². The molecule has 26 heavy (non-hydrogen) atoms. The maximum Gasteiger partial charge on any atom is 0.341 e. The molecule has 6 heteroatoms. The van der Waals surface area contributed by atoms with Crippen molar-refractivity contribution in [1.82, 2.24) is 20.3 Å². The topological polar surface area (TPSA) is 77.0 Å². The van der Waals surface area contributed by atoms with E-state index in [0.717, 1.165) is 24.2 Å². The van der Waals surface area contributed by atoms with Crippen LogP contribution in [0.1, 0.15) is 28.4 Å². The third kappa shape index (κ3) is 4.70.